The number of aliphatic hydroxyl groups is 1. The van der Waals surface area contributed by atoms with E-state index in [1.807, 2.05) is 0 Å². The third kappa shape index (κ3) is 4.02. The number of fused-ring (bicyclic) bond motifs is 1. The molecule has 2 heterocycles. The number of ether oxygens (including phenoxy) is 1. The lowest BCUT2D eigenvalue weighted by Gasteiger charge is -2.47. The number of aromatic hydroxyl groups is 1. The van der Waals surface area contributed by atoms with E-state index in [0.29, 0.717) is 11.1 Å². The predicted octanol–water partition coefficient (Wildman–Crippen LogP) is 2.52. The number of phenols is 1. The molecule has 0 aliphatic carbocycles. The number of thioether (sulfide) groups is 1. The van der Waals surface area contributed by atoms with Gasteiger partial charge in [-0.15, -0.1) is 11.8 Å². The van der Waals surface area contributed by atoms with Crippen molar-refractivity contribution in [3.8, 4) is 5.75 Å². The van der Waals surface area contributed by atoms with Gasteiger partial charge in [-0.25, -0.2) is 4.79 Å². The topological polar surface area (TPSA) is 143 Å². The van der Waals surface area contributed by atoms with E-state index < -0.39 is 28.2 Å². The quantitative estimate of drug-likeness (QED) is 0.222. The summed E-state index contributed by atoms with van der Waals surface area (Å²) < 4.78 is 5.22. The van der Waals surface area contributed by atoms with E-state index in [2.05, 4.69) is 4.99 Å². The summed E-state index contributed by atoms with van der Waals surface area (Å²) in [6.45, 7) is -0.178. The van der Waals surface area contributed by atoms with Crippen LogP contribution in [0, 0.1) is 10.1 Å². The number of phenolic OH excluding ortho intramolecular Hbond substituents is 1. The molecule has 1 amide bonds. The molecule has 11 heteroatoms. The smallest absolute Gasteiger partial charge is 0.358 e. The number of β-lactam (4-membered cyclic amide) rings is 1. The molecule has 2 aromatic carbocycles. The van der Waals surface area contributed by atoms with Crippen molar-refractivity contribution in [2.24, 2.45) is 4.99 Å². The fourth-order valence-corrected chi connectivity index (χ4v) is 4.46. The molecular weight excluding hydrogens is 438 g/mol. The lowest BCUT2D eigenvalue weighted by atomic mass is 10.1. The van der Waals surface area contributed by atoms with Crippen LogP contribution in [0.5, 0.6) is 5.75 Å². The third-order valence-electron chi connectivity index (χ3n) is 4.94. The van der Waals surface area contributed by atoms with E-state index >= 15 is 0 Å². The second-order valence-electron chi connectivity index (χ2n) is 6.99. The average Bonchev–Trinajstić information content (AvgIpc) is 2.79. The fraction of sp³-hybridized carbons (Fsp3) is 0.190. The van der Waals surface area contributed by atoms with Crippen LogP contribution in [0.25, 0.3) is 0 Å². The summed E-state index contributed by atoms with van der Waals surface area (Å²) in [7, 11) is 0. The van der Waals surface area contributed by atoms with Crippen molar-refractivity contribution in [1.82, 2.24) is 4.90 Å². The van der Waals surface area contributed by atoms with Gasteiger partial charge in [0.1, 0.15) is 23.5 Å². The maximum absolute atomic E-state index is 12.7. The molecule has 2 atom stereocenters. The van der Waals surface area contributed by atoms with Gasteiger partial charge in [-0.3, -0.25) is 24.8 Å². The number of nitrogens with zero attached hydrogens (tertiary/aromatic N) is 3. The number of hydrogen-bond acceptors (Lipinski definition) is 9. The zero-order chi connectivity index (χ0) is 22.8. The van der Waals surface area contributed by atoms with Crippen LogP contribution in [0.2, 0.25) is 0 Å². The first kappa shape index (κ1) is 21.4. The molecular formula is C21H17N3O7S. The van der Waals surface area contributed by atoms with E-state index in [9.17, 15) is 29.9 Å². The summed E-state index contributed by atoms with van der Waals surface area (Å²) in [5.41, 5.74) is 0.662. The first-order valence-electron chi connectivity index (χ1n) is 9.45. The molecule has 1 unspecified atom stereocenters. The van der Waals surface area contributed by atoms with Gasteiger partial charge in [0.15, 0.2) is 11.7 Å². The molecule has 4 rings (SSSR count). The Labute approximate surface area is 186 Å². The second-order valence-corrected chi connectivity index (χ2v) is 8.09. The van der Waals surface area contributed by atoms with E-state index in [4.69, 9.17) is 4.74 Å². The standard InChI is InChI=1S/C21H17N3O7S/c25-15-4-2-1-3-13(15)9-22-17-19(27)23-18(16(26)11-32-20(17)23)21(28)31-10-12-5-7-14(8-6-12)24(29)30/h1-9,17,20,25-26H,10-11H2/t17?,20-/m0/s1. The number of hydrogen-bond donors (Lipinski definition) is 2. The zero-order valence-corrected chi connectivity index (χ0v) is 17.3. The highest BCUT2D eigenvalue weighted by molar-refractivity contribution is 8.00. The number of non-ortho nitro benzene ring substituents is 1. The number of benzene rings is 2. The van der Waals surface area contributed by atoms with E-state index in [1.54, 1.807) is 18.2 Å². The molecule has 32 heavy (non-hydrogen) atoms. The first-order valence-corrected chi connectivity index (χ1v) is 10.5. The van der Waals surface area contributed by atoms with Crippen LogP contribution in [-0.4, -0.2) is 55.3 Å². The first-order chi connectivity index (χ1) is 15.4. The molecule has 2 aliphatic rings. The SMILES string of the molecule is O=C(OCc1ccc([N+](=O)[O-])cc1)C1=C(O)CS[C@H]2C(N=Cc3ccccc3O)C(=O)N12. The second kappa shape index (κ2) is 8.71. The van der Waals surface area contributed by atoms with E-state index in [1.165, 1.54) is 48.3 Å². The van der Waals surface area contributed by atoms with Crippen molar-refractivity contribution in [2.75, 3.05) is 5.75 Å². The summed E-state index contributed by atoms with van der Waals surface area (Å²) in [6.07, 6.45) is 1.40. The lowest BCUT2D eigenvalue weighted by molar-refractivity contribution is -0.384. The van der Waals surface area contributed by atoms with Gasteiger partial charge in [0.2, 0.25) is 0 Å². The van der Waals surface area contributed by atoms with Gasteiger partial charge in [-0.2, -0.15) is 0 Å². The Kier molecular flexibility index (Phi) is 5.82. The zero-order valence-electron chi connectivity index (χ0n) is 16.5. The average molecular weight is 455 g/mol. The minimum atomic E-state index is -0.873. The highest BCUT2D eigenvalue weighted by Gasteiger charge is 2.54. The molecule has 0 spiro atoms. The van der Waals surface area contributed by atoms with Crippen molar-refractivity contribution < 1.29 is 29.5 Å². The molecule has 1 saturated heterocycles. The fourth-order valence-electron chi connectivity index (χ4n) is 3.27. The molecule has 164 valence electrons. The molecule has 1 fully saturated rings. The van der Waals surface area contributed by atoms with Gasteiger partial charge in [0, 0.05) is 23.9 Å². The molecule has 10 nitrogen and oxygen atoms in total. The minimum absolute atomic E-state index is 0.0317. The number of carbonyl (C=O) groups is 2. The summed E-state index contributed by atoms with van der Waals surface area (Å²) in [5, 5.41) is 30.3. The van der Waals surface area contributed by atoms with Crippen LogP contribution in [0.4, 0.5) is 5.69 Å². The molecule has 2 aromatic rings. The maximum atomic E-state index is 12.7. The molecule has 0 radical (unpaired) electrons. The number of aliphatic imine (C=N–C) groups is 1. The van der Waals surface area contributed by atoms with Crippen LogP contribution in [0.3, 0.4) is 0 Å². The van der Waals surface area contributed by atoms with Gasteiger partial charge >= 0.3 is 5.97 Å². The Morgan fingerprint density at radius 2 is 1.97 bits per heavy atom. The van der Waals surface area contributed by atoms with Crippen LogP contribution >= 0.6 is 11.8 Å². The molecule has 2 N–H and O–H groups in total. The number of carbonyl (C=O) groups excluding carboxylic acids is 2. The molecule has 0 aromatic heterocycles. The van der Waals surface area contributed by atoms with Crippen LogP contribution in [0.15, 0.2) is 65.0 Å². The number of amides is 1. The number of aliphatic hydroxyl groups excluding tert-OH is 1. The summed E-state index contributed by atoms with van der Waals surface area (Å²) >= 11 is 1.26. The maximum Gasteiger partial charge on any atom is 0.358 e. The number of nitro groups is 1. The summed E-state index contributed by atoms with van der Waals surface area (Å²) in [5.74, 6) is -1.47. The number of esters is 1. The Morgan fingerprint density at radius 1 is 1.25 bits per heavy atom. The number of rotatable bonds is 6. The van der Waals surface area contributed by atoms with Crippen molar-refractivity contribution in [3.63, 3.8) is 0 Å². The largest absolute Gasteiger partial charge is 0.509 e. The van der Waals surface area contributed by atoms with E-state index in [0.717, 1.165) is 4.90 Å². The van der Waals surface area contributed by atoms with Crippen LogP contribution in [0.1, 0.15) is 11.1 Å². The predicted molar refractivity (Wildman–Crippen MR) is 115 cm³/mol. The highest BCUT2D eigenvalue weighted by Crippen LogP contribution is 2.41. The monoisotopic (exact) mass is 455 g/mol. The Bertz CT molecular complexity index is 1150. The van der Waals surface area contributed by atoms with Gasteiger partial charge < -0.3 is 14.9 Å². The molecule has 0 bridgehead atoms. The Hall–Kier alpha value is -3.86. The molecule has 2 aliphatic heterocycles. The van der Waals surface area contributed by atoms with Gasteiger partial charge in [-0.1, -0.05) is 12.1 Å². The van der Waals surface area contributed by atoms with Crippen molar-refractivity contribution in [3.05, 3.63) is 81.2 Å². The third-order valence-corrected chi connectivity index (χ3v) is 6.19. The van der Waals surface area contributed by atoms with Gasteiger partial charge in [0.25, 0.3) is 11.6 Å². The number of nitro benzene ring substituents is 1. The van der Waals surface area contributed by atoms with Crippen molar-refractivity contribution in [2.45, 2.75) is 18.0 Å². The minimum Gasteiger partial charge on any atom is -0.509 e. The normalized spacial score (nSPS) is 20.1. The molecule has 0 saturated carbocycles. The van der Waals surface area contributed by atoms with Crippen molar-refractivity contribution >= 4 is 35.5 Å². The Morgan fingerprint density at radius 3 is 2.66 bits per heavy atom. The van der Waals surface area contributed by atoms with Crippen LogP contribution in [-0.2, 0) is 20.9 Å². The van der Waals surface area contributed by atoms with Crippen LogP contribution < -0.4 is 0 Å². The Balaban J connectivity index is 1.43. The lowest BCUT2D eigenvalue weighted by Crippen LogP contribution is -2.64. The van der Waals surface area contributed by atoms with E-state index in [-0.39, 0.29) is 35.3 Å². The summed E-state index contributed by atoms with van der Waals surface area (Å²) in [4.78, 5) is 40.9. The number of para-hydroxylation sites is 1. The summed E-state index contributed by atoms with van der Waals surface area (Å²) in [6, 6.07) is 11.3. The van der Waals surface area contributed by atoms with Gasteiger partial charge in [0.05, 0.1) is 10.7 Å². The van der Waals surface area contributed by atoms with Crippen molar-refractivity contribution in [1.29, 1.82) is 0 Å². The highest BCUT2D eigenvalue weighted by atomic mass is 32.2. The van der Waals surface area contributed by atoms with Gasteiger partial charge in [-0.05, 0) is 29.8 Å².